The molecule has 2 aliphatic heterocycles. The summed E-state index contributed by atoms with van der Waals surface area (Å²) in [7, 11) is 0. The van der Waals surface area contributed by atoms with Crippen molar-refractivity contribution in [2.75, 3.05) is 0 Å². The van der Waals surface area contributed by atoms with E-state index in [9.17, 15) is 28.7 Å². The number of nitrogens with one attached hydrogen (secondary N) is 1. The van der Waals surface area contributed by atoms with Crippen LogP contribution in [0.2, 0.25) is 0 Å². The van der Waals surface area contributed by atoms with Gasteiger partial charge in [0.25, 0.3) is 0 Å². The van der Waals surface area contributed by atoms with Crippen LogP contribution >= 0.6 is 23.1 Å². The van der Waals surface area contributed by atoms with E-state index in [1.165, 1.54) is 12.1 Å². The third kappa shape index (κ3) is 3.28. The fourth-order valence-corrected chi connectivity index (χ4v) is 10.0. The fourth-order valence-electron chi connectivity index (χ4n) is 7.15. The van der Waals surface area contributed by atoms with Gasteiger partial charge >= 0.3 is 10.8 Å². The number of imide groups is 1. The number of fused-ring (bicyclic) bond motifs is 9. The van der Waals surface area contributed by atoms with Crippen molar-refractivity contribution in [1.82, 2.24) is 9.88 Å². The number of halogens is 1. The van der Waals surface area contributed by atoms with Gasteiger partial charge in [-0.25, -0.2) is 9.18 Å². The molecule has 2 aromatic rings. The number of thiazole rings is 1. The Labute approximate surface area is 209 Å². The molecule has 6 rings (SSSR count). The first kappa shape index (κ1) is 23.0. The number of carboxylic acids is 1. The molecule has 3 heterocycles. The minimum absolute atomic E-state index is 0.000683. The zero-order chi connectivity index (χ0) is 24.8. The van der Waals surface area contributed by atoms with Crippen LogP contribution < -0.4 is 4.87 Å². The quantitative estimate of drug-likeness (QED) is 0.589. The number of thioether (sulfide) groups is 1. The van der Waals surface area contributed by atoms with Crippen molar-refractivity contribution in [2.45, 2.75) is 48.9 Å². The third-order valence-corrected chi connectivity index (χ3v) is 10.9. The Morgan fingerprint density at radius 3 is 2.43 bits per heavy atom. The highest BCUT2D eigenvalue weighted by Crippen LogP contribution is 2.68. The van der Waals surface area contributed by atoms with Crippen LogP contribution in [0.25, 0.3) is 0 Å². The van der Waals surface area contributed by atoms with Gasteiger partial charge in [0.15, 0.2) is 0 Å². The maximum atomic E-state index is 13.7. The fraction of sp³-hybridized carbons (Fsp3) is 0.520. The van der Waals surface area contributed by atoms with E-state index >= 15 is 0 Å². The lowest BCUT2D eigenvalue weighted by molar-refractivity contribution is -0.156. The lowest BCUT2D eigenvalue weighted by Gasteiger charge is -2.43. The topological polar surface area (TPSA) is 108 Å². The maximum Gasteiger partial charge on any atom is 0.326 e. The van der Waals surface area contributed by atoms with E-state index in [1.807, 2.05) is 13.8 Å². The van der Waals surface area contributed by atoms with Gasteiger partial charge in [0.2, 0.25) is 11.8 Å². The van der Waals surface area contributed by atoms with Crippen LogP contribution in [0.1, 0.15) is 43.0 Å². The summed E-state index contributed by atoms with van der Waals surface area (Å²) in [6.45, 7) is 3.76. The minimum Gasteiger partial charge on any atom is -0.480 e. The molecule has 35 heavy (non-hydrogen) atoms. The number of carboxylic acid groups (broad SMARTS) is 1. The van der Waals surface area contributed by atoms with Gasteiger partial charge in [0, 0.05) is 16.0 Å². The molecule has 1 aromatic heterocycles. The zero-order valence-electron chi connectivity index (χ0n) is 19.1. The van der Waals surface area contributed by atoms with Gasteiger partial charge in [0.05, 0.1) is 16.9 Å². The van der Waals surface area contributed by atoms with Gasteiger partial charge in [0.1, 0.15) is 11.9 Å². The first-order chi connectivity index (χ1) is 16.7. The van der Waals surface area contributed by atoms with Gasteiger partial charge in [-0.2, -0.15) is 0 Å². The summed E-state index contributed by atoms with van der Waals surface area (Å²) in [4.78, 5) is 56.3. The van der Waals surface area contributed by atoms with Crippen LogP contribution in [-0.4, -0.2) is 44.1 Å². The summed E-state index contributed by atoms with van der Waals surface area (Å²) in [5.41, 5.74) is 0.888. The van der Waals surface area contributed by atoms with E-state index in [4.69, 9.17) is 0 Å². The normalized spacial score (nSPS) is 33.7. The second-order valence-electron chi connectivity index (χ2n) is 10.5. The summed E-state index contributed by atoms with van der Waals surface area (Å²) in [5, 5.41) is 10.7. The number of aromatic nitrogens is 1. The molecule has 0 unspecified atom stereocenters. The Morgan fingerprint density at radius 1 is 1.14 bits per heavy atom. The van der Waals surface area contributed by atoms with E-state index in [0.29, 0.717) is 0 Å². The molecular formula is C25H25FN2O5S2. The lowest BCUT2D eigenvalue weighted by Crippen LogP contribution is -2.47. The van der Waals surface area contributed by atoms with Crippen LogP contribution in [-0.2, 0) is 14.4 Å². The van der Waals surface area contributed by atoms with Gasteiger partial charge in [-0.1, -0.05) is 37.3 Å². The van der Waals surface area contributed by atoms with Crippen molar-refractivity contribution < 1.29 is 23.9 Å². The van der Waals surface area contributed by atoms with E-state index in [2.05, 4.69) is 4.98 Å². The Kier molecular flexibility index (Phi) is 5.27. The van der Waals surface area contributed by atoms with Crippen LogP contribution in [0.15, 0.2) is 34.1 Å². The van der Waals surface area contributed by atoms with Gasteiger partial charge in [-0.05, 0) is 54.2 Å². The smallest absolute Gasteiger partial charge is 0.326 e. The van der Waals surface area contributed by atoms with E-state index in [1.54, 1.807) is 23.9 Å². The summed E-state index contributed by atoms with van der Waals surface area (Å²) in [6, 6.07) is 5.14. The highest BCUT2D eigenvalue weighted by Gasteiger charge is 2.70. The van der Waals surface area contributed by atoms with Gasteiger partial charge in [-0.3, -0.25) is 19.3 Å². The highest BCUT2D eigenvalue weighted by molar-refractivity contribution is 8.00. The number of benzene rings is 1. The molecule has 2 aliphatic carbocycles. The number of nitrogens with zero attached hydrogens (tertiary/aromatic N) is 1. The highest BCUT2D eigenvalue weighted by atomic mass is 32.2. The number of aliphatic carboxylic acids is 1. The Balaban J connectivity index is 1.42. The molecular weight excluding hydrogens is 491 g/mol. The second-order valence-corrected chi connectivity index (χ2v) is 12.7. The van der Waals surface area contributed by atoms with Crippen LogP contribution in [0.5, 0.6) is 0 Å². The Morgan fingerprint density at radius 2 is 1.80 bits per heavy atom. The second kappa shape index (κ2) is 8.03. The molecule has 1 saturated heterocycles. The maximum absolute atomic E-state index is 13.7. The number of rotatable bonds is 5. The molecule has 7 nitrogen and oxygen atoms in total. The average Bonchev–Trinajstić information content (AvgIpc) is 3.52. The molecule has 0 radical (unpaired) electrons. The first-order valence-electron chi connectivity index (χ1n) is 11.9. The predicted molar refractivity (Wildman–Crippen MR) is 128 cm³/mol. The number of carbonyl (C=O) groups excluding carboxylic acids is 2. The molecule has 3 fully saturated rings. The minimum atomic E-state index is -1.15. The third-order valence-electron chi connectivity index (χ3n) is 8.28. The van der Waals surface area contributed by atoms with Gasteiger partial charge < -0.3 is 10.1 Å². The molecule has 2 bridgehead atoms. The summed E-state index contributed by atoms with van der Waals surface area (Å²) >= 11 is 2.72. The van der Waals surface area contributed by atoms with Crippen LogP contribution in [0.3, 0.4) is 0 Å². The molecule has 10 heteroatoms. The SMILES string of the molecule is CC(C)C[C@H](C(=O)O)N1C(=O)[C@@H]2[C@H]3C[C@@H]([C@@H]2C1=O)[C@@H]1[C@@H](c2ccc(F)cc2)c2sc(=O)[nH]c2S[C@H]31. The van der Waals surface area contributed by atoms with Crippen molar-refractivity contribution in [2.24, 2.45) is 35.5 Å². The predicted octanol–water partition coefficient (Wildman–Crippen LogP) is 3.55. The lowest BCUT2D eigenvalue weighted by atomic mass is 9.68. The molecule has 0 spiro atoms. The van der Waals surface area contributed by atoms with Crippen molar-refractivity contribution in [3.05, 3.63) is 50.2 Å². The summed E-state index contributed by atoms with van der Waals surface area (Å²) in [6.07, 6.45) is 0.946. The number of likely N-dealkylation sites (tertiary alicyclic amines) is 1. The molecule has 2 saturated carbocycles. The van der Waals surface area contributed by atoms with E-state index in [-0.39, 0.29) is 63.8 Å². The number of amides is 2. The van der Waals surface area contributed by atoms with E-state index in [0.717, 1.165) is 38.1 Å². The number of H-pyrrole nitrogens is 1. The summed E-state index contributed by atoms with van der Waals surface area (Å²) < 4.78 is 13.7. The van der Waals surface area contributed by atoms with E-state index < -0.39 is 23.8 Å². The molecule has 2 amide bonds. The van der Waals surface area contributed by atoms with Crippen molar-refractivity contribution in [3.8, 4) is 0 Å². The molecule has 2 N–H and O–H groups in total. The van der Waals surface area contributed by atoms with Crippen molar-refractivity contribution in [3.63, 3.8) is 0 Å². The Bertz CT molecular complexity index is 1290. The molecule has 8 atom stereocenters. The number of hydrogen-bond donors (Lipinski definition) is 2. The van der Waals surface area contributed by atoms with Gasteiger partial charge in [-0.15, -0.1) is 11.8 Å². The first-order valence-corrected chi connectivity index (χ1v) is 13.6. The number of hydrogen-bond acceptors (Lipinski definition) is 6. The average molecular weight is 517 g/mol. The molecule has 184 valence electrons. The van der Waals surface area contributed by atoms with Crippen molar-refractivity contribution in [1.29, 1.82) is 0 Å². The van der Waals surface area contributed by atoms with Crippen LogP contribution in [0, 0.1) is 41.3 Å². The van der Waals surface area contributed by atoms with Crippen LogP contribution in [0.4, 0.5) is 4.39 Å². The summed E-state index contributed by atoms with van der Waals surface area (Å²) in [5.74, 6) is -3.61. The standard InChI is InChI=1S/C25H25FN2O5S2/c1-9(2)7-14(24(31)32)28-22(29)17-12-8-13(18(17)23(28)30)19-16(12)15(10-3-5-11(26)6-4-10)20-21(34-19)27-25(33)35-20/h3-6,9,12-19H,7-8H2,1-2H3,(H,27,33)(H,31,32)/t12-,13-,14-,15-,16-,17+,18-,19-/m1/s1. The molecule has 4 aliphatic rings. The molecule has 1 aromatic carbocycles. The Hall–Kier alpha value is -2.46. The number of carbonyl (C=O) groups is 3. The number of aromatic amines is 1. The van der Waals surface area contributed by atoms with Crippen molar-refractivity contribution >= 4 is 40.9 Å². The zero-order valence-corrected chi connectivity index (χ0v) is 20.8. The monoisotopic (exact) mass is 516 g/mol. The largest absolute Gasteiger partial charge is 0.480 e.